The average molecular weight is 488 g/mol. The van der Waals surface area contributed by atoms with Crippen LogP contribution in [0.25, 0.3) is 0 Å². The SMILES string of the molecule is CC(C)NC(=O)c1cnc(Nc2ccc3c(c2)CCNC3(C)C)cc1[NH2+]c1ccnc(C(C)(C)C)c1. The number of anilines is 2. The van der Waals surface area contributed by atoms with Gasteiger partial charge >= 0.3 is 0 Å². The lowest BCUT2D eigenvalue weighted by molar-refractivity contribution is -0.478. The summed E-state index contributed by atoms with van der Waals surface area (Å²) in [7, 11) is 0. The van der Waals surface area contributed by atoms with Crippen LogP contribution in [-0.2, 0) is 17.4 Å². The van der Waals surface area contributed by atoms with E-state index in [1.54, 1.807) is 6.20 Å². The zero-order valence-electron chi connectivity index (χ0n) is 22.5. The Labute approximate surface area is 214 Å². The van der Waals surface area contributed by atoms with Crippen molar-refractivity contribution in [3.63, 3.8) is 0 Å². The zero-order valence-corrected chi connectivity index (χ0v) is 22.5. The van der Waals surface area contributed by atoms with Crippen LogP contribution in [0.1, 0.15) is 75.6 Å². The van der Waals surface area contributed by atoms with E-state index in [0.29, 0.717) is 11.4 Å². The van der Waals surface area contributed by atoms with Crippen LogP contribution in [0.3, 0.4) is 0 Å². The molecule has 0 spiro atoms. The third-order valence-electron chi connectivity index (χ3n) is 6.49. The van der Waals surface area contributed by atoms with Gasteiger partial charge in [-0.3, -0.25) is 15.1 Å². The third-order valence-corrected chi connectivity index (χ3v) is 6.49. The van der Waals surface area contributed by atoms with Gasteiger partial charge in [0.1, 0.15) is 17.1 Å². The maximum absolute atomic E-state index is 13.0. The van der Waals surface area contributed by atoms with E-state index in [1.165, 1.54) is 11.1 Å². The average Bonchev–Trinajstić information content (AvgIpc) is 2.78. The smallest absolute Gasteiger partial charge is 0.259 e. The number of aromatic nitrogens is 2. The fourth-order valence-electron chi connectivity index (χ4n) is 4.56. The Balaban J connectivity index is 1.66. The monoisotopic (exact) mass is 487 g/mol. The number of nitrogens with one attached hydrogen (secondary N) is 3. The predicted molar refractivity (Wildman–Crippen MR) is 145 cm³/mol. The highest BCUT2D eigenvalue weighted by molar-refractivity contribution is 5.98. The summed E-state index contributed by atoms with van der Waals surface area (Å²) in [5, 5.41) is 12.1. The quantitative estimate of drug-likeness (QED) is 0.409. The summed E-state index contributed by atoms with van der Waals surface area (Å²) in [5.74, 6) is 0.560. The van der Waals surface area contributed by atoms with Gasteiger partial charge in [-0.05, 0) is 63.9 Å². The Morgan fingerprint density at radius 2 is 1.89 bits per heavy atom. The number of hydrogen-bond acceptors (Lipinski definition) is 5. The molecule has 3 heterocycles. The van der Waals surface area contributed by atoms with Gasteiger partial charge in [0.25, 0.3) is 5.91 Å². The molecule has 1 aliphatic rings. The molecular formula is C29H39N6O+. The van der Waals surface area contributed by atoms with Gasteiger partial charge in [0, 0.05) is 53.3 Å². The third kappa shape index (κ3) is 5.91. The van der Waals surface area contributed by atoms with E-state index < -0.39 is 0 Å². The summed E-state index contributed by atoms with van der Waals surface area (Å²) in [6, 6.07) is 12.5. The molecule has 190 valence electrons. The first-order valence-corrected chi connectivity index (χ1v) is 12.7. The van der Waals surface area contributed by atoms with Crippen LogP contribution in [-0.4, -0.2) is 28.5 Å². The molecule has 0 saturated heterocycles. The predicted octanol–water partition coefficient (Wildman–Crippen LogP) is 4.56. The molecule has 0 bridgehead atoms. The molecule has 0 aliphatic carbocycles. The number of pyridine rings is 2. The van der Waals surface area contributed by atoms with Crippen molar-refractivity contribution in [2.75, 3.05) is 11.9 Å². The number of hydrogen-bond donors (Lipinski definition) is 4. The minimum absolute atomic E-state index is 0.0332. The largest absolute Gasteiger partial charge is 0.350 e. The summed E-state index contributed by atoms with van der Waals surface area (Å²) in [6.07, 6.45) is 4.47. The lowest BCUT2D eigenvalue weighted by Crippen LogP contribution is -2.72. The van der Waals surface area contributed by atoms with Gasteiger partial charge in [-0.15, -0.1) is 0 Å². The molecule has 2 aromatic heterocycles. The Hall–Kier alpha value is -3.29. The van der Waals surface area contributed by atoms with Crippen molar-refractivity contribution in [1.29, 1.82) is 0 Å². The number of carbonyl (C=O) groups excluding carboxylic acids is 1. The summed E-state index contributed by atoms with van der Waals surface area (Å²) in [6.45, 7) is 15.7. The standard InChI is InChI=1S/C29H38N6O/c1-18(2)33-27(36)22-17-31-26(16-24(22)34-21-11-12-30-25(15-21)28(3,4)5)35-20-8-9-23-19(14-20)10-13-32-29(23,6)7/h8-9,11-12,14-18,32H,10,13H2,1-7H3,(H,33,36)(H2,30,31,34,35)/p+1. The topological polar surface area (TPSA) is 95.5 Å². The maximum Gasteiger partial charge on any atom is 0.259 e. The van der Waals surface area contributed by atoms with Crippen molar-refractivity contribution < 1.29 is 10.1 Å². The van der Waals surface area contributed by atoms with Gasteiger partial charge in [-0.25, -0.2) is 4.98 Å². The molecule has 0 radical (unpaired) electrons. The zero-order chi connectivity index (χ0) is 26.1. The molecule has 1 aliphatic heterocycles. The van der Waals surface area contributed by atoms with Crippen molar-refractivity contribution in [3.8, 4) is 0 Å². The second-order valence-electron chi connectivity index (χ2n) is 11.5. The van der Waals surface area contributed by atoms with Crippen LogP contribution in [0.2, 0.25) is 0 Å². The first-order chi connectivity index (χ1) is 16.9. The molecule has 36 heavy (non-hydrogen) atoms. The Morgan fingerprint density at radius 3 is 2.61 bits per heavy atom. The number of amides is 1. The van der Waals surface area contributed by atoms with E-state index in [9.17, 15) is 4.79 Å². The minimum Gasteiger partial charge on any atom is -0.350 e. The molecule has 5 N–H and O–H groups in total. The van der Waals surface area contributed by atoms with Gasteiger partial charge in [0.15, 0.2) is 5.69 Å². The number of carbonyl (C=O) groups is 1. The number of rotatable bonds is 6. The molecule has 4 rings (SSSR count). The van der Waals surface area contributed by atoms with Gasteiger partial charge < -0.3 is 16.0 Å². The van der Waals surface area contributed by atoms with Crippen LogP contribution in [0.4, 0.5) is 22.9 Å². The highest BCUT2D eigenvalue weighted by Gasteiger charge is 2.27. The second-order valence-corrected chi connectivity index (χ2v) is 11.5. The second kappa shape index (κ2) is 9.99. The fourth-order valence-corrected chi connectivity index (χ4v) is 4.56. The van der Waals surface area contributed by atoms with Gasteiger partial charge in [0.2, 0.25) is 0 Å². The molecule has 7 nitrogen and oxygen atoms in total. The number of nitrogens with zero attached hydrogens (tertiary/aromatic N) is 2. The first-order valence-electron chi connectivity index (χ1n) is 12.7. The molecule has 0 unspecified atom stereocenters. The number of benzene rings is 1. The van der Waals surface area contributed by atoms with Crippen molar-refractivity contribution in [3.05, 3.63) is 71.2 Å². The van der Waals surface area contributed by atoms with Crippen molar-refractivity contribution in [2.24, 2.45) is 0 Å². The highest BCUT2D eigenvalue weighted by atomic mass is 16.1. The molecule has 0 saturated carbocycles. The normalized spacial score (nSPS) is 14.9. The fraction of sp³-hybridized carbons (Fsp3) is 0.414. The minimum atomic E-state index is -0.135. The number of fused-ring (bicyclic) bond motifs is 1. The summed E-state index contributed by atoms with van der Waals surface area (Å²) < 4.78 is 0. The Bertz CT molecular complexity index is 1260. The highest BCUT2D eigenvalue weighted by Crippen LogP contribution is 2.31. The van der Waals surface area contributed by atoms with Crippen LogP contribution in [0.5, 0.6) is 0 Å². The molecule has 0 fully saturated rings. The molecule has 1 amide bonds. The van der Waals surface area contributed by atoms with E-state index >= 15 is 0 Å². The molecular weight excluding hydrogens is 448 g/mol. The molecule has 7 heteroatoms. The molecule has 1 aromatic carbocycles. The van der Waals surface area contributed by atoms with E-state index in [2.05, 4.69) is 84.8 Å². The van der Waals surface area contributed by atoms with Crippen LogP contribution in [0.15, 0.2) is 48.8 Å². The maximum atomic E-state index is 13.0. The first kappa shape index (κ1) is 25.8. The summed E-state index contributed by atoms with van der Waals surface area (Å²) in [4.78, 5) is 22.1. The Kier molecular flexibility index (Phi) is 7.16. The lowest BCUT2D eigenvalue weighted by atomic mass is 9.85. The van der Waals surface area contributed by atoms with Crippen molar-refractivity contribution >= 4 is 28.8 Å². The van der Waals surface area contributed by atoms with Crippen LogP contribution in [0, 0.1) is 0 Å². The van der Waals surface area contributed by atoms with Gasteiger partial charge in [-0.2, -0.15) is 0 Å². The number of nitrogens with two attached hydrogens (primary N) is 1. The Morgan fingerprint density at radius 1 is 1.11 bits per heavy atom. The van der Waals surface area contributed by atoms with Crippen molar-refractivity contribution in [1.82, 2.24) is 20.6 Å². The van der Waals surface area contributed by atoms with Crippen LogP contribution < -0.4 is 21.3 Å². The van der Waals surface area contributed by atoms with E-state index in [0.717, 1.165) is 35.7 Å². The number of quaternary nitrogens is 1. The van der Waals surface area contributed by atoms with E-state index in [-0.39, 0.29) is 22.9 Å². The van der Waals surface area contributed by atoms with Gasteiger partial charge in [-0.1, -0.05) is 26.8 Å². The van der Waals surface area contributed by atoms with Gasteiger partial charge in [0.05, 0.1) is 5.69 Å². The molecule has 3 aromatic rings. The van der Waals surface area contributed by atoms with E-state index in [1.807, 2.05) is 37.5 Å². The summed E-state index contributed by atoms with van der Waals surface area (Å²) in [5.41, 5.74) is 6.91. The van der Waals surface area contributed by atoms with Crippen LogP contribution >= 0.6 is 0 Å². The summed E-state index contributed by atoms with van der Waals surface area (Å²) >= 11 is 0. The molecule has 0 atom stereocenters. The van der Waals surface area contributed by atoms with Crippen molar-refractivity contribution in [2.45, 2.75) is 71.9 Å². The lowest BCUT2D eigenvalue weighted by Gasteiger charge is -2.34. The van der Waals surface area contributed by atoms with E-state index in [4.69, 9.17) is 0 Å².